The Hall–Kier alpha value is -2.03. The third kappa shape index (κ3) is 2.77. The molecule has 1 aliphatic heterocycles. The van der Waals surface area contributed by atoms with Gasteiger partial charge in [-0.1, -0.05) is 42.5 Å². The van der Waals surface area contributed by atoms with Crippen molar-refractivity contribution >= 4 is 16.8 Å². The first-order valence-corrected chi connectivity index (χ1v) is 7.34. The van der Waals surface area contributed by atoms with E-state index in [0.717, 1.165) is 25.9 Å². The minimum Gasteiger partial charge on any atom is -0.334 e. The lowest BCUT2D eigenvalue weighted by molar-refractivity contribution is 0.186. The predicted octanol–water partition coefficient (Wildman–Crippen LogP) is 3.54. The van der Waals surface area contributed by atoms with Crippen LogP contribution in [0.1, 0.15) is 24.8 Å². The molecule has 1 saturated heterocycles. The predicted molar refractivity (Wildman–Crippen MR) is 81.6 cm³/mol. The van der Waals surface area contributed by atoms with Crippen molar-refractivity contribution in [3.8, 4) is 0 Å². The molecule has 0 atom stereocenters. The number of carbonyl (C=O) groups is 1. The summed E-state index contributed by atoms with van der Waals surface area (Å²) in [6.45, 7) is 2.37. The Morgan fingerprint density at radius 2 is 1.75 bits per heavy atom. The van der Waals surface area contributed by atoms with Gasteiger partial charge in [0.05, 0.1) is 0 Å². The van der Waals surface area contributed by atoms with E-state index in [1.807, 2.05) is 23.1 Å². The summed E-state index contributed by atoms with van der Waals surface area (Å²) in [7, 11) is 0. The van der Waals surface area contributed by atoms with Gasteiger partial charge >= 0.3 is 6.03 Å². The smallest absolute Gasteiger partial charge is 0.317 e. The highest BCUT2D eigenvalue weighted by atomic mass is 16.2. The van der Waals surface area contributed by atoms with E-state index in [0.29, 0.717) is 6.54 Å². The molecule has 3 heteroatoms. The summed E-state index contributed by atoms with van der Waals surface area (Å²) in [5.74, 6) is 0. The van der Waals surface area contributed by atoms with Crippen molar-refractivity contribution in [2.45, 2.75) is 25.8 Å². The maximum atomic E-state index is 12.1. The number of fused-ring (bicyclic) bond motifs is 1. The molecular weight excluding hydrogens is 248 g/mol. The Balaban J connectivity index is 1.69. The Morgan fingerprint density at radius 1 is 1.00 bits per heavy atom. The van der Waals surface area contributed by atoms with Crippen LogP contribution in [0.5, 0.6) is 0 Å². The van der Waals surface area contributed by atoms with Gasteiger partial charge < -0.3 is 10.2 Å². The van der Waals surface area contributed by atoms with Crippen LogP contribution in [0, 0.1) is 0 Å². The van der Waals surface area contributed by atoms with Crippen LogP contribution in [0.3, 0.4) is 0 Å². The van der Waals surface area contributed by atoms with Gasteiger partial charge in [0.15, 0.2) is 0 Å². The van der Waals surface area contributed by atoms with E-state index in [1.54, 1.807) is 0 Å². The highest BCUT2D eigenvalue weighted by molar-refractivity contribution is 5.86. The molecule has 1 N–H and O–H groups in total. The normalized spacial score (nSPS) is 15.3. The van der Waals surface area contributed by atoms with Crippen LogP contribution < -0.4 is 5.32 Å². The third-order valence-electron chi connectivity index (χ3n) is 3.95. The van der Waals surface area contributed by atoms with Crippen LogP contribution in [0.15, 0.2) is 42.5 Å². The molecule has 0 aromatic heterocycles. The number of carbonyl (C=O) groups excluding carboxylic acids is 1. The zero-order chi connectivity index (χ0) is 13.8. The molecule has 0 saturated carbocycles. The summed E-state index contributed by atoms with van der Waals surface area (Å²) < 4.78 is 0. The molecule has 2 amide bonds. The average molecular weight is 268 g/mol. The first kappa shape index (κ1) is 13.0. The van der Waals surface area contributed by atoms with Crippen LogP contribution >= 0.6 is 0 Å². The molecule has 1 heterocycles. The summed E-state index contributed by atoms with van der Waals surface area (Å²) in [5, 5.41) is 5.48. The maximum Gasteiger partial charge on any atom is 0.317 e. The SMILES string of the molecule is O=C(NCc1cccc2ccccc12)N1CCCCC1. The highest BCUT2D eigenvalue weighted by Gasteiger charge is 2.15. The minimum atomic E-state index is 0.0673. The number of benzene rings is 2. The number of piperidine rings is 1. The van der Waals surface area contributed by atoms with Gasteiger partial charge in [0.25, 0.3) is 0 Å². The number of amides is 2. The first-order valence-electron chi connectivity index (χ1n) is 7.34. The van der Waals surface area contributed by atoms with Crippen molar-refractivity contribution in [1.82, 2.24) is 10.2 Å². The second kappa shape index (κ2) is 5.95. The number of nitrogens with one attached hydrogen (secondary N) is 1. The van der Waals surface area contributed by atoms with Crippen molar-refractivity contribution in [2.75, 3.05) is 13.1 Å². The Kier molecular flexibility index (Phi) is 3.86. The second-order valence-corrected chi connectivity index (χ2v) is 5.34. The van der Waals surface area contributed by atoms with Crippen molar-refractivity contribution in [1.29, 1.82) is 0 Å². The zero-order valence-electron chi connectivity index (χ0n) is 11.6. The van der Waals surface area contributed by atoms with E-state index >= 15 is 0 Å². The van der Waals surface area contributed by atoms with Gasteiger partial charge in [0.2, 0.25) is 0 Å². The van der Waals surface area contributed by atoms with Gasteiger partial charge in [-0.25, -0.2) is 4.79 Å². The minimum absolute atomic E-state index is 0.0673. The van der Waals surface area contributed by atoms with Crippen LogP contribution in [0.4, 0.5) is 4.79 Å². The lowest BCUT2D eigenvalue weighted by atomic mass is 10.0. The number of likely N-dealkylation sites (tertiary alicyclic amines) is 1. The fraction of sp³-hybridized carbons (Fsp3) is 0.353. The van der Waals surface area contributed by atoms with Gasteiger partial charge in [-0.05, 0) is 35.6 Å². The maximum absolute atomic E-state index is 12.1. The molecule has 1 fully saturated rings. The summed E-state index contributed by atoms with van der Waals surface area (Å²) >= 11 is 0. The molecule has 3 nitrogen and oxygen atoms in total. The van der Waals surface area contributed by atoms with Crippen LogP contribution in [-0.4, -0.2) is 24.0 Å². The van der Waals surface area contributed by atoms with Crippen LogP contribution in [0.2, 0.25) is 0 Å². The molecule has 1 aliphatic rings. The van der Waals surface area contributed by atoms with Gasteiger partial charge in [0.1, 0.15) is 0 Å². The molecular formula is C17H20N2O. The van der Waals surface area contributed by atoms with Gasteiger partial charge in [-0.15, -0.1) is 0 Å². The van der Waals surface area contributed by atoms with Gasteiger partial charge in [0, 0.05) is 19.6 Å². The standard InChI is InChI=1S/C17H20N2O/c20-17(19-11-4-1-5-12-19)18-13-15-9-6-8-14-7-2-3-10-16(14)15/h2-3,6-10H,1,4-5,11-13H2,(H,18,20). The molecule has 0 spiro atoms. The lowest BCUT2D eigenvalue weighted by Gasteiger charge is -2.26. The average Bonchev–Trinajstić information content (AvgIpc) is 2.53. The van der Waals surface area contributed by atoms with Gasteiger partial charge in [-0.3, -0.25) is 0 Å². The van der Waals surface area contributed by atoms with E-state index in [-0.39, 0.29) is 6.03 Å². The summed E-state index contributed by atoms with van der Waals surface area (Å²) in [5.41, 5.74) is 1.17. The van der Waals surface area contributed by atoms with Gasteiger partial charge in [-0.2, -0.15) is 0 Å². The summed E-state index contributed by atoms with van der Waals surface area (Å²) in [4.78, 5) is 14.0. The van der Waals surface area contributed by atoms with Crippen molar-refractivity contribution in [2.24, 2.45) is 0 Å². The molecule has 0 bridgehead atoms. The van der Waals surface area contributed by atoms with E-state index in [4.69, 9.17) is 0 Å². The second-order valence-electron chi connectivity index (χ2n) is 5.34. The Labute approximate surface area is 119 Å². The molecule has 3 rings (SSSR count). The topological polar surface area (TPSA) is 32.3 Å². The zero-order valence-corrected chi connectivity index (χ0v) is 11.6. The quantitative estimate of drug-likeness (QED) is 0.887. The summed E-state index contributed by atoms with van der Waals surface area (Å²) in [6, 6.07) is 14.6. The third-order valence-corrected chi connectivity index (χ3v) is 3.95. The fourth-order valence-corrected chi connectivity index (χ4v) is 2.83. The van der Waals surface area contributed by atoms with E-state index in [1.165, 1.54) is 22.8 Å². The molecule has 20 heavy (non-hydrogen) atoms. The first-order chi connectivity index (χ1) is 9.84. The summed E-state index contributed by atoms with van der Waals surface area (Å²) in [6.07, 6.45) is 3.50. The Morgan fingerprint density at radius 3 is 2.60 bits per heavy atom. The fourth-order valence-electron chi connectivity index (χ4n) is 2.83. The number of urea groups is 1. The van der Waals surface area contributed by atoms with Crippen molar-refractivity contribution in [3.05, 3.63) is 48.0 Å². The molecule has 0 radical (unpaired) electrons. The highest BCUT2D eigenvalue weighted by Crippen LogP contribution is 2.18. The molecule has 2 aromatic rings. The number of hydrogen-bond acceptors (Lipinski definition) is 1. The number of nitrogens with zero attached hydrogens (tertiary/aromatic N) is 1. The van der Waals surface area contributed by atoms with E-state index in [9.17, 15) is 4.79 Å². The van der Waals surface area contributed by atoms with Crippen molar-refractivity contribution < 1.29 is 4.79 Å². The number of hydrogen-bond donors (Lipinski definition) is 1. The molecule has 0 aliphatic carbocycles. The van der Waals surface area contributed by atoms with E-state index < -0.39 is 0 Å². The molecule has 104 valence electrons. The lowest BCUT2D eigenvalue weighted by Crippen LogP contribution is -2.42. The largest absolute Gasteiger partial charge is 0.334 e. The molecule has 2 aromatic carbocycles. The molecule has 0 unspecified atom stereocenters. The van der Waals surface area contributed by atoms with Crippen LogP contribution in [-0.2, 0) is 6.54 Å². The van der Waals surface area contributed by atoms with E-state index in [2.05, 4.69) is 29.6 Å². The van der Waals surface area contributed by atoms with Crippen molar-refractivity contribution in [3.63, 3.8) is 0 Å². The Bertz CT molecular complexity index is 597. The monoisotopic (exact) mass is 268 g/mol. The number of rotatable bonds is 2. The van der Waals surface area contributed by atoms with Crippen LogP contribution in [0.25, 0.3) is 10.8 Å².